The molecule has 1 aromatic heterocycles. The van der Waals surface area contributed by atoms with Crippen molar-refractivity contribution in [3.63, 3.8) is 0 Å². The fourth-order valence-corrected chi connectivity index (χ4v) is 5.46. The van der Waals surface area contributed by atoms with E-state index in [1.165, 1.54) is 12.1 Å². The minimum Gasteiger partial charge on any atom is -0.397 e. The SMILES string of the molecule is Nc1ccc(-c2cccs2)cc1NC(=O)c1ccc(CP(=O)(O)c2ccc(F)cc2)cc1. The number of thiophene rings is 1. The van der Waals surface area contributed by atoms with Crippen molar-refractivity contribution in [2.45, 2.75) is 6.16 Å². The Morgan fingerprint density at radius 3 is 2.41 bits per heavy atom. The minimum atomic E-state index is -3.70. The Bertz CT molecular complexity index is 1290. The van der Waals surface area contributed by atoms with E-state index in [-0.39, 0.29) is 17.4 Å². The fraction of sp³-hybridized carbons (Fsp3) is 0.0417. The first kappa shape index (κ1) is 22.0. The second kappa shape index (κ2) is 9.09. The molecule has 1 atom stereocenters. The summed E-state index contributed by atoms with van der Waals surface area (Å²) in [5.74, 6) is -0.803. The summed E-state index contributed by atoms with van der Waals surface area (Å²) in [5, 5.41) is 4.99. The number of nitrogens with two attached hydrogens (primary N) is 1. The molecule has 0 aliphatic rings. The number of carbonyl (C=O) groups is 1. The quantitative estimate of drug-likeness (QED) is 0.259. The van der Waals surface area contributed by atoms with E-state index in [2.05, 4.69) is 5.32 Å². The number of benzene rings is 3. The molecule has 1 amide bonds. The van der Waals surface area contributed by atoms with Crippen LogP contribution in [-0.2, 0) is 10.7 Å². The highest BCUT2D eigenvalue weighted by atomic mass is 32.1. The molecule has 1 unspecified atom stereocenters. The number of anilines is 2. The lowest BCUT2D eigenvalue weighted by molar-refractivity contribution is 0.102. The first-order chi connectivity index (χ1) is 15.3. The van der Waals surface area contributed by atoms with Gasteiger partial charge in [-0.3, -0.25) is 9.36 Å². The van der Waals surface area contributed by atoms with E-state index in [4.69, 9.17) is 5.73 Å². The average Bonchev–Trinajstić information content (AvgIpc) is 3.31. The van der Waals surface area contributed by atoms with E-state index >= 15 is 0 Å². The molecule has 1 heterocycles. The van der Waals surface area contributed by atoms with E-state index in [0.29, 0.717) is 22.5 Å². The van der Waals surface area contributed by atoms with Crippen molar-refractivity contribution in [1.82, 2.24) is 0 Å². The highest BCUT2D eigenvalue weighted by Crippen LogP contribution is 2.43. The Morgan fingerprint density at radius 2 is 1.75 bits per heavy atom. The number of nitrogens with one attached hydrogen (secondary N) is 1. The van der Waals surface area contributed by atoms with Crippen molar-refractivity contribution in [3.8, 4) is 10.4 Å². The molecule has 0 saturated heterocycles. The summed E-state index contributed by atoms with van der Waals surface area (Å²) >= 11 is 1.60. The van der Waals surface area contributed by atoms with Crippen LogP contribution in [0.1, 0.15) is 15.9 Å². The van der Waals surface area contributed by atoms with Crippen LogP contribution in [0.2, 0.25) is 0 Å². The van der Waals surface area contributed by atoms with Gasteiger partial charge in [-0.25, -0.2) is 4.39 Å². The minimum absolute atomic E-state index is 0.115. The molecule has 0 fully saturated rings. The van der Waals surface area contributed by atoms with Crippen LogP contribution in [0.15, 0.2) is 84.2 Å². The van der Waals surface area contributed by atoms with Crippen molar-refractivity contribution < 1.29 is 18.6 Å². The molecule has 3 aromatic carbocycles. The lowest BCUT2D eigenvalue weighted by atomic mass is 10.1. The summed E-state index contributed by atoms with van der Waals surface area (Å²) in [4.78, 5) is 24.2. The van der Waals surface area contributed by atoms with Gasteiger partial charge in [-0.15, -0.1) is 11.3 Å². The maximum absolute atomic E-state index is 13.1. The Balaban J connectivity index is 1.47. The maximum atomic E-state index is 13.1. The second-order valence-corrected chi connectivity index (χ2v) is 10.4. The highest BCUT2D eigenvalue weighted by molar-refractivity contribution is 7.65. The van der Waals surface area contributed by atoms with Gasteiger partial charge in [0.2, 0.25) is 7.37 Å². The number of hydrogen-bond acceptors (Lipinski definition) is 4. The Hall–Kier alpha value is -3.25. The number of carbonyl (C=O) groups excluding carboxylic acids is 1. The second-order valence-electron chi connectivity index (χ2n) is 7.27. The lowest BCUT2D eigenvalue weighted by Gasteiger charge is -2.13. The topological polar surface area (TPSA) is 92.4 Å². The van der Waals surface area contributed by atoms with Crippen molar-refractivity contribution in [3.05, 3.63) is 101 Å². The third kappa shape index (κ3) is 4.97. The van der Waals surface area contributed by atoms with E-state index in [1.807, 2.05) is 29.6 Å². The number of nitrogen functional groups attached to an aromatic ring is 1. The molecule has 0 aliphatic carbocycles. The zero-order valence-corrected chi connectivity index (χ0v) is 18.6. The Morgan fingerprint density at radius 1 is 1.03 bits per heavy atom. The van der Waals surface area contributed by atoms with Crippen molar-refractivity contribution >= 4 is 41.3 Å². The van der Waals surface area contributed by atoms with Gasteiger partial charge >= 0.3 is 0 Å². The van der Waals surface area contributed by atoms with E-state index in [0.717, 1.165) is 22.6 Å². The molecule has 8 heteroatoms. The standard InChI is InChI=1S/C24H20FN2O3PS/c25-19-8-10-20(11-9-19)31(29,30)15-16-3-5-17(6-4-16)24(28)27-22-14-18(7-12-21(22)26)23-2-1-13-32-23/h1-14H,15,26H2,(H,27,28)(H,29,30). The normalized spacial score (nSPS) is 12.8. The van der Waals surface area contributed by atoms with E-state index < -0.39 is 13.2 Å². The number of hydrogen-bond donors (Lipinski definition) is 3. The largest absolute Gasteiger partial charge is 0.397 e. The van der Waals surface area contributed by atoms with Crippen LogP contribution >= 0.6 is 18.7 Å². The molecule has 0 spiro atoms. The van der Waals surface area contributed by atoms with Crippen LogP contribution in [0.25, 0.3) is 10.4 Å². The molecule has 4 aromatic rings. The third-order valence-corrected chi connectivity index (χ3v) is 7.77. The van der Waals surface area contributed by atoms with E-state index in [9.17, 15) is 18.6 Å². The van der Waals surface area contributed by atoms with Crippen molar-refractivity contribution in [2.75, 3.05) is 11.1 Å². The Labute approximate surface area is 188 Å². The van der Waals surface area contributed by atoms with Gasteiger partial charge in [-0.05, 0) is 71.1 Å². The molecule has 4 rings (SSSR count). The zero-order valence-electron chi connectivity index (χ0n) is 16.9. The third-order valence-electron chi connectivity index (χ3n) is 4.95. The first-order valence-electron chi connectivity index (χ1n) is 9.73. The van der Waals surface area contributed by atoms with Crippen LogP contribution in [0.4, 0.5) is 15.8 Å². The zero-order chi connectivity index (χ0) is 22.7. The van der Waals surface area contributed by atoms with Crippen LogP contribution in [-0.4, -0.2) is 10.8 Å². The van der Waals surface area contributed by atoms with Crippen molar-refractivity contribution in [1.29, 1.82) is 0 Å². The number of amides is 1. The van der Waals surface area contributed by atoms with Gasteiger partial charge in [0.15, 0.2) is 0 Å². The summed E-state index contributed by atoms with van der Waals surface area (Å²) in [6.45, 7) is 0. The summed E-state index contributed by atoms with van der Waals surface area (Å²) in [7, 11) is -3.70. The molecular weight excluding hydrogens is 446 g/mol. The molecule has 4 N–H and O–H groups in total. The van der Waals surface area contributed by atoms with Gasteiger partial charge in [0.25, 0.3) is 5.91 Å². The number of halogens is 1. The van der Waals surface area contributed by atoms with Gasteiger partial charge in [0, 0.05) is 15.7 Å². The Kier molecular flexibility index (Phi) is 6.24. The predicted molar refractivity (Wildman–Crippen MR) is 128 cm³/mol. The van der Waals surface area contributed by atoms with Gasteiger partial charge < -0.3 is 15.9 Å². The molecule has 0 saturated carbocycles. The van der Waals surface area contributed by atoms with Crippen LogP contribution in [0, 0.1) is 5.82 Å². The highest BCUT2D eigenvalue weighted by Gasteiger charge is 2.22. The molecule has 32 heavy (non-hydrogen) atoms. The smallest absolute Gasteiger partial charge is 0.255 e. The first-order valence-corrected chi connectivity index (χ1v) is 12.5. The van der Waals surface area contributed by atoms with Crippen LogP contribution in [0.5, 0.6) is 0 Å². The fourth-order valence-electron chi connectivity index (χ4n) is 3.23. The van der Waals surface area contributed by atoms with Gasteiger partial charge in [-0.1, -0.05) is 24.3 Å². The summed E-state index contributed by atoms with van der Waals surface area (Å²) < 4.78 is 25.7. The molecule has 162 valence electrons. The average molecular weight is 466 g/mol. The monoisotopic (exact) mass is 466 g/mol. The molecule has 0 radical (unpaired) electrons. The van der Waals surface area contributed by atoms with Gasteiger partial charge in [0.1, 0.15) is 5.82 Å². The molecule has 0 aliphatic heterocycles. The molecule has 5 nitrogen and oxygen atoms in total. The summed E-state index contributed by atoms with van der Waals surface area (Å²) in [6.07, 6.45) is -0.115. The summed E-state index contributed by atoms with van der Waals surface area (Å²) in [5.41, 5.74) is 8.95. The lowest BCUT2D eigenvalue weighted by Crippen LogP contribution is -2.13. The predicted octanol–water partition coefficient (Wildman–Crippen LogP) is 5.48. The maximum Gasteiger partial charge on any atom is 0.255 e. The summed E-state index contributed by atoms with van der Waals surface area (Å²) in [6, 6.07) is 20.8. The molecular formula is C24H20FN2O3PS. The van der Waals surface area contributed by atoms with E-state index in [1.54, 1.807) is 41.7 Å². The number of rotatable bonds is 6. The van der Waals surface area contributed by atoms with Crippen molar-refractivity contribution in [2.24, 2.45) is 0 Å². The van der Waals surface area contributed by atoms with Gasteiger partial charge in [0.05, 0.1) is 17.5 Å². The van der Waals surface area contributed by atoms with Gasteiger partial charge in [-0.2, -0.15) is 0 Å². The van der Waals surface area contributed by atoms with Crippen LogP contribution < -0.4 is 16.4 Å². The van der Waals surface area contributed by atoms with Crippen LogP contribution in [0.3, 0.4) is 0 Å². The molecule has 0 bridgehead atoms.